The second kappa shape index (κ2) is 8.12. The zero-order chi connectivity index (χ0) is 16.7. The van der Waals surface area contributed by atoms with Gasteiger partial charge in [0.1, 0.15) is 5.75 Å². The number of amides is 1. The van der Waals surface area contributed by atoms with Crippen molar-refractivity contribution in [3.8, 4) is 5.75 Å². The Morgan fingerprint density at radius 1 is 1.26 bits per heavy atom. The minimum Gasteiger partial charge on any atom is -0.494 e. The Balaban J connectivity index is 1.88. The van der Waals surface area contributed by atoms with E-state index in [2.05, 4.69) is 10.3 Å². The van der Waals surface area contributed by atoms with Gasteiger partial charge in [-0.3, -0.25) is 14.2 Å². The first-order valence-electron chi connectivity index (χ1n) is 7.70. The fourth-order valence-corrected chi connectivity index (χ4v) is 2.09. The van der Waals surface area contributed by atoms with Crippen LogP contribution in [0.1, 0.15) is 29.9 Å². The fraction of sp³-hybridized carbons (Fsp3) is 0.353. The third-order valence-electron chi connectivity index (χ3n) is 3.36. The van der Waals surface area contributed by atoms with Crippen molar-refractivity contribution in [2.75, 3.05) is 13.2 Å². The van der Waals surface area contributed by atoms with Gasteiger partial charge in [-0.15, -0.1) is 0 Å². The van der Waals surface area contributed by atoms with Crippen molar-refractivity contribution >= 4 is 5.91 Å². The molecule has 1 aromatic heterocycles. The van der Waals surface area contributed by atoms with E-state index in [1.165, 1.54) is 17.0 Å². The predicted molar refractivity (Wildman–Crippen MR) is 87.8 cm³/mol. The molecule has 0 radical (unpaired) electrons. The average Bonchev–Trinajstić information content (AvgIpc) is 2.57. The van der Waals surface area contributed by atoms with Crippen LogP contribution in [0.3, 0.4) is 0 Å². The van der Waals surface area contributed by atoms with Crippen LogP contribution < -0.4 is 15.6 Å². The lowest BCUT2D eigenvalue weighted by atomic mass is 10.2. The largest absolute Gasteiger partial charge is 0.494 e. The molecular formula is C17H21N3O3. The number of carbonyl (C=O) groups excluding carboxylic acids is 1. The Labute approximate surface area is 135 Å². The van der Waals surface area contributed by atoms with Gasteiger partial charge < -0.3 is 10.1 Å². The van der Waals surface area contributed by atoms with Crippen LogP contribution in [0.5, 0.6) is 5.75 Å². The normalized spacial score (nSPS) is 10.3. The number of ether oxygens (including phenoxy) is 1. The van der Waals surface area contributed by atoms with Crippen molar-refractivity contribution in [2.45, 2.75) is 26.8 Å². The van der Waals surface area contributed by atoms with Gasteiger partial charge in [0.2, 0.25) is 0 Å². The Hall–Kier alpha value is -2.63. The number of hydrogen-bond acceptors (Lipinski definition) is 4. The number of aromatic nitrogens is 2. The molecule has 6 nitrogen and oxygen atoms in total. The van der Waals surface area contributed by atoms with Gasteiger partial charge in [-0.05, 0) is 37.6 Å². The van der Waals surface area contributed by atoms with Gasteiger partial charge in [-0.2, -0.15) is 0 Å². The van der Waals surface area contributed by atoms with Gasteiger partial charge >= 0.3 is 0 Å². The zero-order valence-electron chi connectivity index (χ0n) is 13.4. The van der Waals surface area contributed by atoms with Crippen LogP contribution in [-0.2, 0) is 13.0 Å². The van der Waals surface area contributed by atoms with Crippen molar-refractivity contribution < 1.29 is 9.53 Å². The summed E-state index contributed by atoms with van der Waals surface area (Å²) in [5.74, 6) is 0.553. The van der Waals surface area contributed by atoms with E-state index in [0.717, 1.165) is 17.9 Å². The summed E-state index contributed by atoms with van der Waals surface area (Å²) in [6.07, 6.45) is 2.24. The molecule has 1 aromatic carbocycles. The molecule has 0 spiro atoms. The summed E-state index contributed by atoms with van der Waals surface area (Å²) in [7, 11) is 0. The molecule has 6 heteroatoms. The van der Waals surface area contributed by atoms with Crippen LogP contribution in [0.4, 0.5) is 0 Å². The molecule has 0 saturated carbocycles. The number of nitrogens with one attached hydrogen (secondary N) is 1. The van der Waals surface area contributed by atoms with Gasteiger partial charge in [0.25, 0.3) is 11.5 Å². The van der Waals surface area contributed by atoms with Crippen molar-refractivity contribution in [2.24, 2.45) is 0 Å². The van der Waals surface area contributed by atoms with Crippen LogP contribution in [-0.4, -0.2) is 28.6 Å². The minimum absolute atomic E-state index is 0.104. The molecule has 0 unspecified atom stereocenters. The molecule has 23 heavy (non-hydrogen) atoms. The summed E-state index contributed by atoms with van der Waals surface area (Å²) < 4.78 is 6.82. The smallest absolute Gasteiger partial charge is 0.253 e. The quantitative estimate of drug-likeness (QED) is 0.843. The minimum atomic E-state index is -0.181. The SMILES string of the molecule is CCOc1ccc(C(=O)NCCn2cnc(CC)cc2=O)cc1. The second-order valence-electron chi connectivity index (χ2n) is 4.98. The highest BCUT2D eigenvalue weighted by atomic mass is 16.5. The number of hydrogen-bond donors (Lipinski definition) is 1. The molecule has 122 valence electrons. The molecule has 1 N–H and O–H groups in total. The number of carbonyl (C=O) groups is 1. The van der Waals surface area contributed by atoms with Crippen molar-refractivity contribution in [1.82, 2.24) is 14.9 Å². The Kier molecular flexibility index (Phi) is 5.91. The molecule has 0 atom stereocenters. The van der Waals surface area contributed by atoms with E-state index >= 15 is 0 Å². The fourth-order valence-electron chi connectivity index (χ4n) is 2.09. The molecule has 1 heterocycles. The third-order valence-corrected chi connectivity index (χ3v) is 3.36. The lowest BCUT2D eigenvalue weighted by Gasteiger charge is -2.08. The summed E-state index contributed by atoms with van der Waals surface area (Å²) >= 11 is 0. The summed E-state index contributed by atoms with van der Waals surface area (Å²) in [4.78, 5) is 28.1. The first-order chi connectivity index (χ1) is 11.1. The monoisotopic (exact) mass is 315 g/mol. The summed E-state index contributed by atoms with van der Waals surface area (Å²) in [5, 5.41) is 2.79. The maximum Gasteiger partial charge on any atom is 0.253 e. The van der Waals surface area contributed by atoms with Gasteiger partial charge in [0.05, 0.1) is 12.9 Å². The molecule has 0 aliphatic rings. The highest BCUT2D eigenvalue weighted by Gasteiger charge is 2.05. The van der Waals surface area contributed by atoms with Crippen molar-refractivity contribution in [3.63, 3.8) is 0 Å². The van der Waals surface area contributed by atoms with E-state index in [9.17, 15) is 9.59 Å². The summed E-state index contributed by atoms with van der Waals surface area (Å²) in [6, 6.07) is 8.47. The van der Waals surface area contributed by atoms with E-state index in [0.29, 0.717) is 25.3 Å². The molecule has 2 rings (SSSR count). The van der Waals surface area contributed by atoms with Crippen molar-refractivity contribution in [3.05, 3.63) is 58.3 Å². The Morgan fingerprint density at radius 2 is 2.00 bits per heavy atom. The standard InChI is InChI=1S/C17H21N3O3/c1-3-14-11-16(21)20(12-19-14)10-9-18-17(22)13-5-7-15(8-6-13)23-4-2/h5-8,11-12H,3-4,9-10H2,1-2H3,(H,18,22). The van der Waals surface area contributed by atoms with Crippen molar-refractivity contribution in [1.29, 1.82) is 0 Å². The maximum absolute atomic E-state index is 12.0. The number of benzene rings is 1. The molecular weight excluding hydrogens is 294 g/mol. The lowest BCUT2D eigenvalue weighted by molar-refractivity contribution is 0.0952. The maximum atomic E-state index is 12.0. The summed E-state index contributed by atoms with van der Waals surface area (Å²) in [6.45, 7) is 5.19. The third kappa shape index (κ3) is 4.67. The topological polar surface area (TPSA) is 73.2 Å². The second-order valence-corrected chi connectivity index (χ2v) is 4.98. The van der Waals surface area contributed by atoms with Crippen LogP contribution in [0.2, 0.25) is 0 Å². The van der Waals surface area contributed by atoms with E-state index in [-0.39, 0.29) is 11.5 Å². The van der Waals surface area contributed by atoms with E-state index < -0.39 is 0 Å². The van der Waals surface area contributed by atoms with Crippen LogP contribution >= 0.6 is 0 Å². The molecule has 0 saturated heterocycles. The highest BCUT2D eigenvalue weighted by Crippen LogP contribution is 2.11. The molecule has 0 fully saturated rings. The van der Waals surface area contributed by atoms with Crippen LogP contribution in [0.15, 0.2) is 41.5 Å². The van der Waals surface area contributed by atoms with E-state index in [4.69, 9.17) is 4.74 Å². The van der Waals surface area contributed by atoms with Crippen LogP contribution in [0.25, 0.3) is 0 Å². The van der Waals surface area contributed by atoms with Gasteiger partial charge in [0, 0.05) is 30.4 Å². The first kappa shape index (κ1) is 16.7. The number of aryl methyl sites for hydroxylation is 1. The Bertz CT molecular complexity index is 708. The molecule has 0 aliphatic carbocycles. The molecule has 0 aliphatic heterocycles. The highest BCUT2D eigenvalue weighted by molar-refractivity contribution is 5.94. The molecule has 1 amide bonds. The number of nitrogens with zero attached hydrogens (tertiary/aromatic N) is 2. The average molecular weight is 315 g/mol. The predicted octanol–water partition coefficient (Wildman–Crippen LogP) is 1.63. The van der Waals surface area contributed by atoms with Gasteiger partial charge in [-0.1, -0.05) is 6.92 Å². The van der Waals surface area contributed by atoms with Crippen LogP contribution in [0, 0.1) is 0 Å². The van der Waals surface area contributed by atoms with E-state index in [1.807, 2.05) is 13.8 Å². The van der Waals surface area contributed by atoms with E-state index in [1.54, 1.807) is 24.3 Å². The lowest BCUT2D eigenvalue weighted by Crippen LogP contribution is -2.31. The molecule has 0 bridgehead atoms. The van der Waals surface area contributed by atoms with Gasteiger partial charge in [-0.25, -0.2) is 4.98 Å². The van der Waals surface area contributed by atoms with Gasteiger partial charge in [0.15, 0.2) is 0 Å². The summed E-state index contributed by atoms with van der Waals surface area (Å²) in [5.41, 5.74) is 1.22. The zero-order valence-corrected chi connectivity index (χ0v) is 13.4. The number of rotatable bonds is 7. The Morgan fingerprint density at radius 3 is 2.61 bits per heavy atom. The first-order valence-corrected chi connectivity index (χ1v) is 7.70. The molecule has 2 aromatic rings.